The summed E-state index contributed by atoms with van der Waals surface area (Å²) < 4.78 is 26.5. The monoisotopic (exact) mass is 374 g/mol. The van der Waals surface area contributed by atoms with Crippen molar-refractivity contribution in [2.45, 2.75) is 6.92 Å². The second kappa shape index (κ2) is 7.45. The van der Waals surface area contributed by atoms with E-state index in [1.807, 2.05) is 6.92 Å². The fourth-order valence-electron chi connectivity index (χ4n) is 2.10. The van der Waals surface area contributed by atoms with Gasteiger partial charge in [-0.1, -0.05) is 17.7 Å². The number of halogens is 3. The first-order valence-electron chi connectivity index (χ1n) is 7.54. The van der Waals surface area contributed by atoms with Gasteiger partial charge >= 0.3 is 0 Å². The number of hydrogen-bond acceptors (Lipinski definition) is 4. The maximum absolute atomic E-state index is 13.6. The van der Waals surface area contributed by atoms with Gasteiger partial charge in [0.25, 0.3) is 5.91 Å². The molecule has 2 N–H and O–H groups in total. The Labute approximate surface area is 153 Å². The molecule has 1 amide bonds. The highest BCUT2D eigenvalue weighted by Gasteiger charge is 2.10. The Balaban J connectivity index is 1.70. The van der Waals surface area contributed by atoms with Crippen LogP contribution in [0.5, 0.6) is 0 Å². The first-order valence-corrected chi connectivity index (χ1v) is 7.92. The van der Waals surface area contributed by atoms with Crippen LogP contribution in [0.3, 0.4) is 0 Å². The molecule has 0 aliphatic carbocycles. The van der Waals surface area contributed by atoms with Crippen LogP contribution < -0.4 is 10.6 Å². The Kier molecular flexibility index (Phi) is 5.09. The lowest BCUT2D eigenvalue weighted by molar-refractivity contribution is 0.102. The Bertz CT molecular complexity index is 964. The summed E-state index contributed by atoms with van der Waals surface area (Å²) in [7, 11) is 0. The molecule has 132 valence electrons. The molecule has 3 rings (SSSR count). The molecule has 8 heteroatoms. The van der Waals surface area contributed by atoms with Gasteiger partial charge in [-0.05, 0) is 36.8 Å². The number of nitrogens with zero attached hydrogens (tertiary/aromatic N) is 2. The van der Waals surface area contributed by atoms with Crippen LogP contribution in [0.15, 0.2) is 48.8 Å². The third kappa shape index (κ3) is 4.12. The van der Waals surface area contributed by atoms with Crippen LogP contribution in [0.2, 0.25) is 5.02 Å². The fourth-order valence-corrected chi connectivity index (χ4v) is 2.28. The Morgan fingerprint density at radius 3 is 2.46 bits per heavy atom. The minimum atomic E-state index is -0.772. The highest BCUT2D eigenvalue weighted by atomic mass is 35.5. The molecule has 26 heavy (non-hydrogen) atoms. The van der Waals surface area contributed by atoms with Crippen LogP contribution in [-0.4, -0.2) is 15.9 Å². The predicted octanol–water partition coefficient (Wildman–Crippen LogP) is 4.71. The Morgan fingerprint density at radius 2 is 1.81 bits per heavy atom. The summed E-state index contributed by atoms with van der Waals surface area (Å²) in [6.07, 6.45) is 2.59. The van der Waals surface area contributed by atoms with Gasteiger partial charge in [-0.3, -0.25) is 4.79 Å². The molecule has 0 bridgehead atoms. The molecular formula is C18H13ClF2N4O. The van der Waals surface area contributed by atoms with E-state index in [0.717, 1.165) is 17.7 Å². The molecule has 5 nitrogen and oxygen atoms in total. The zero-order chi connectivity index (χ0) is 18.7. The topological polar surface area (TPSA) is 66.9 Å². The number of aryl methyl sites for hydroxylation is 1. The number of carbonyl (C=O) groups excluding carboxylic acids is 1. The van der Waals surface area contributed by atoms with Crippen LogP contribution in [0.25, 0.3) is 0 Å². The summed E-state index contributed by atoms with van der Waals surface area (Å²) in [6.45, 7) is 1.86. The molecule has 0 atom stereocenters. The smallest absolute Gasteiger partial charge is 0.258 e. The molecule has 2 aromatic carbocycles. The van der Waals surface area contributed by atoms with Gasteiger partial charge in [0, 0.05) is 29.2 Å². The molecule has 3 aromatic rings. The first kappa shape index (κ1) is 17.8. The van der Waals surface area contributed by atoms with Crippen molar-refractivity contribution in [2.75, 3.05) is 10.6 Å². The molecule has 0 fully saturated rings. The summed E-state index contributed by atoms with van der Waals surface area (Å²) in [5.74, 6) is -1.79. The average Bonchev–Trinajstić information content (AvgIpc) is 2.61. The van der Waals surface area contributed by atoms with E-state index in [1.165, 1.54) is 18.5 Å². The number of hydrogen-bond donors (Lipinski definition) is 2. The van der Waals surface area contributed by atoms with Gasteiger partial charge in [-0.25, -0.2) is 18.7 Å². The first-order chi connectivity index (χ1) is 12.4. The SMILES string of the molecule is Cc1ccc(NC(=O)c2cnc(Nc3ccc(F)cc3F)nc2)cc1Cl. The van der Waals surface area contributed by atoms with E-state index in [9.17, 15) is 13.6 Å². The highest BCUT2D eigenvalue weighted by molar-refractivity contribution is 6.31. The third-order valence-electron chi connectivity index (χ3n) is 3.52. The molecule has 1 aromatic heterocycles. The van der Waals surface area contributed by atoms with Crippen LogP contribution in [-0.2, 0) is 0 Å². The molecule has 0 unspecified atom stereocenters. The van der Waals surface area contributed by atoms with Crippen molar-refractivity contribution >= 4 is 34.8 Å². The van der Waals surface area contributed by atoms with E-state index in [-0.39, 0.29) is 17.2 Å². The standard InChI is InChI=1S/C18H13ClF2N4O/c1-10-2-4-13(7-14(10)19)24-17(26)11-8-22-18(23-9-11)25-16-5-3-12(20)6-15(16)21/h2-9H,1H3,(H,24,26)(H,22,23,25). The van der Waals surface area contributed by atoms with E-state index in [4.69, 9.17) is 11.6 Å². The zero-order valence-electron chi connectivity index (χ0n) is 13.6. The van der Waals surface area contributed by atoms with Crippen LogP contribution in [0.4, 0.5) is 26.1 Å². The number of rotatable bonds is 4. The lowest BCUT2D eigenvalue weighted by Gasteiger charge is -2.08. The maximum atomic E-state index is 13.6. The number of benzene rings is 2. The number of aromatic nitrogens is 2. The molecule has 0 aliphatic heterocycles. The minimum absolute atomic E-state index is 0.0258. The number of anilines is 3. The summed E-state index contributed by atoms with van der Waals surface area (Å²) in [4.78, 5) is 20.1. The summed E-state index contributed by atoms with van der Waals surface area (Å²) in [5.41, 5.74) is 1.68. The second-order valence-corrected chi connectivity index (χ2v) is 5.87. The largest absolute Gasteiger partial charge is 0.322 e. The quantitative estimate of drug-likeness (QED) is 0.694. The second-order valence-electron chi connectivity index (χ2n) is 5.46. The molecule has 0 radical (unpaired) electrons. The maximum Gasteiger partial charge on any atom is 0.258 e. The van der Waals surface area contributed by atoms with Gasteiger partial charge < -0.3 is 10.6 Å². The minimum Gasteiger partial charge on any atom is -0.322 e. The van der Waals surface area contributed by atoms with Gasteiger partial charge in [-0.15, -0.1) is 0 Å². The van der Waals surface area contributed by atoms with Gasteiger partial charge in [-0.2, -0.15) is 0 Å². The van der Waals surface area contributed by atoms with Crippen molar-refractivity contribution in [2.24, 2.45) is 0 Å². The molecule has 0 saturated carbocycles. The van der Waals surface area contributed by atoms with E-state index < -0.39 is 17.5 Å². The number of amides is 1. The molecule has 0 saturated heterocycles. The lowest BCUT2D eigenvalue weighted by atomic mass is 10.2. The summed E-state index contributed by atoms with van der Waals surface area (Å²) in [5, 5.41) is 5.84. The Hall–Kier alpha value is -3.06. The van der Waals surface area contributed by atoms with Gasteiger partial charge in [0.1, 0.15) is 11.6 Å². The van der Waals surface area contributed by atoms with Crippen molar-refractivity contribution in [3.8, 4) is 0 Å². The van der Waals surface area contributed by atoms with E-state index in [2.05, 4.69) is 20.6 Å². The highest BCUT2D eigenvalue weighted by Crippen LogP contribution is 2.21. The fraction of sp³-hybridized carbons (Fsp3) is 0.0556. The normalized spacial score (nSPS) is 10.5. The average molecular weight is 375 g/mol. The molecular weight excluding hydrogens is 362 g/mol. The van der Waals surface area contributed by atoms with Gasteiger partial charge in [0.2, 0.25) is 5.95 Å². The van der Waals surface area contributed by atoms with Gasteiger partial charge in [0.15, 0.2) is 0 Å². The zero-order valence-corrected chi connectivity index (χ0v) is 14.3. The van der Waals surface area contributed by atoms with Crippen LogP contribution in [0, 0.1) is 18.6 Å². The van der Waals surface area contributed by atoms with E-state index in [0.29, 0.717) is 10.7 Å². The number of carbonyl (C=O) groups is 1. The molecule has 0 spiro atoms. The van der Waals surface area contributed by atoms with E-state index in [1.54, 1.807) is 18.2 Å². The summed E-state index contributed by atoms with van der Waals surface area (Å²) >= 11 is 6.03. The predicted molar refractivity (Wildman–Crippen MR) is 95.8 cm³/mol. The van der Waals surface area contributed by atoms with E-state index >= 15 is 0 Å². The number of nitrogens with one attached hydrogen (secondary N) is 2. The lowest BCUT2D eigenvalue weighted by Crippen LogP contribution is -2.13. The third-order valence-corrected chi connectivity index (χ3v) is 3.93. The van der Waals surface area contributed by atoms with Crippen LogP contribution in [0.1, 0.15) is 15.9 Å². The molecule has 1 heterocycles. The van der Waals surface area contributed by atoms with Crippen molar-refractivity contribution < 1.29 is 13.6 Å². The summed E-state index contributed by atoms with van der Waals surface area (Å²) in [6, 6.07) is 8.25. The van der Waals surface area contributed by atoms with Crippen molar-refractivity contribution in [1.29, 1.82) is 0 Å². The van der Waals surface area contributed by atoms with Crippen molar-refractivity contribution in [3.05, 3.63) is 76.6 Å². The Morgan fingerprint density at radius 1 is 1.08 bits per heavy atom. The van der Waals surface area contributed by atoms with Crippen molar-refractivity contribution in [1.82, 2.24) is 9.97 Å². The van der Waals surface area contributed by atoms with Crippen molar-refractivity contribution in [3.63, 3.8) is 0 Å². The van der Waals surface area contributed by atoms with Crippen LogP contribution >= 0.6 is 11.6 Å². The molecule has 0 aliphatic rings. The van der Waals surface area contributed by atoms with Gasteiger partial charge in [0.05, 0.1) is 11.3 Å².